The lowest BCUT2D eigenvalue weighted by atomic mass is 10.1. The SMILES string of the molecule is Cc1cc(C)c(NC(=O)COc2ccc(N(Cc3ccc(Cl)cc3)S(C)(=O)=O)cc2)c(C)c1. The number of nitrogens with one attached hydrogen (secondary N) is 1. The highest BCUT2D eigenvalue weighted by Gasteiger charge is 2.18. The average Bonchev–Trinajstić information content (AvgIpc) is 2.74. The number of ether oxygens (including phenoxy) is 1. The van der Waals surface area contributed by atoms with E-state index in [2.05, 4.69) is 5.32 Å². The van der Waals surface area contributed by atoms with E-state index in [1.54, 1.807) is 48.5 Å². The topological polar surface area (TPSA) is 75.7 Å². The molecule has 0 spiro atoms. The molecular weight excluding hydrogens is 460 g/mol. The molecule has 0 aromatic heterocycles. The van der Waals surface area contributed by atoms with Gasteiger partial charge in [-0.05, 0) is 73.9 Å². The molecule has 174 valence electrons. The normalized spacial score (nSPS) is 11.2. The van der Waals surface area contributed by atoms with Crippen molar-refractivity contribution in [1.29, 1.82) is 0 Å². The molecule has 0 aliphatic rings. The second-order valence-electron chi connectivity index (χ2n) is 8.00. The van der Waals surface area contributed by atoms with Gasteiger partial charge in [-0.1, -0.05) is 41.4 Å². The van der Waals surface area contributed by atoms with Gasteiger partial charge in [0.15, 0.2) is 6.61 Å². The molecule has 0 aliphatic heterocycles. The Labute approximate surface area is 200 Å². The van der Waals surface area contributed by atoms with Crippen LogP contribution >= 0.6 is 11.6 Å². The van der Waals surface area contributed by atoms with Crippen molar-refractivity contribution in [2.24, 2.45) is 0 Å². The summed E-state index contributed by atoms with van der Waals surface area (Å²) in [5.41, 5.74) is 5.21. The van der Waals surface area contributed by atoms with Crippen LogP contribution in [-0.4, -0.2) is 27.2 Å². The van der Waals surface area contributed by atoms with E-state index in [9.17, 15) is 13.2 Å². The Balaban J connectivity index is 1.66. The van der Waals surface area contributed by atoms with E-state index in [4.69, 9.17) is 16.3 Å². The first-order valence-corrected chi connectivity index (χ1v) is 12.6. The van der Waals surface area contributed by atoms with Crippen molar-refractivity contribution in [2.45, 2.75) is 27.3 Å². The molecule has 0 fully saturated rings. The lowest BCUT2D eigenvalue weighted by Crippen LogP contribution is -2.29. The van der Waals surface area contributed by atoms with Gasteiger partial charge in [-0.25, -0.2) is 8.42 Å². The zero-order chi connectivity index (χ0) is 24.2. The standard InChI is InChI=1S/C25H27ClN2O4S/c1-17-13-18(2)25(19(3)14-17)27-24(29)16-32-23-11-9-22(10-12-23)28(33(4,30)31)15-20-5-7-21(26)8-6-20/h5-14H,15-16H2,1-4H3,(H,27,29). The number of rotatable bonds is 8. The van der Waals surface area contributed by atoms with Gasteiger partial charge in [-0.3, -0.25) is 9.10 Å². The van der Waals surface area contributed by atoms with Gasteiger partial charge in [0.2, 0.25) is 10.0 Å². The van der Waals surface area contributed by atoms with Gasteiger partial charge in [0.05, 0.1) is 18.5 Å². The van der Waals surface area contributed by atoms with Crippen molar-refractivity contribution < 1.29 is 17.9 Å². The zero-order valence-corrected chi connectivity index (χ0v) is 20.6. The second kappa shape index (κ2) is 10.3. The van der Waals surface area contributed by atoms with Crippen LogP contribution in [0.25, 0.3) is 0 Å². The number of sulfonamides is 1. The first kappa shape index (κ1) is 24.6. The summed E-state index contributed by atoms with van der Waals surface area (Å²) in [5, 5.41) is 3.48. The molecule has 0 unspecified atom stereocenters. The number of carbonyl (C=O) groups excluding carboxylic acids is 1. The summed E-state index contributed by atoms with van der Waals surface area (Å²) in [6.07, 6.45) is 1.16. The van der Waals surface area contributed by atoms with Crippen LogP contribution in [-0.2, 0) is 21.4 Å². The first-order valence-electron chi connectivity index (χ1n) is 10.4. The van der Waals surface area contributed by atoms with Crippen LogP contribution in [0.2, 0.25) is 5.02 Å². The predicted molar refractivity (Wildman–Crippen MR) is 134 cm³/mol. The fourth-order valence-electron chi connectivity index (χ4n) is 3.57. The third kappa shape index (κ3) is 6.73. The van der Waals surface area contributed by atoms with Gasteiger partial charge in [0, 0.05) is 10.7 Å². The van der Waals surface area contributed by atoms with Gasteiger partial charge < -0.3 is 10.1 Å². The lowest BCUT2D eigenvalue weighted by molar-refractivity contribution is -0.118. The van der Waals surface area contributed by atoms with Crippen molar-refractivity contribution >= 4 is 38.9 Å². The number of benzene rings is 3. The van der Waals surface area contributed by atoms with Crippen molar-refractivity contribution in [3.05, 3.63) is 87.9 Å². The Bertz CT molecular complexity index is 1220. The molecule has 6 nitrogen and oxygen atoms in total. The first-order chi connectivity index (χ1) is 15.5. The highest BCUT2D eigenvalue weighted by molar-refractivity contribution is 7.92. The van der Waals surface area contributed by atoms with E-state index in [1.165, 1.54) is 4.31 Å². The molecular formula is C25H27ClN2O4S. The molecule has 1 N–H and O–H groups in total. The minimum absolute atomic E-state index is 0.160. The maximum atomic E-state index is 12.4. The van der Waals surface area contributed by atoms with Crippen LogP contribution in [0.15, 0.2) is 60.7 Å². The van der Waals surface area contributed by atoms with Crippen molar-refractivity contribution in [1.82, 2.24) is 0 Å². The zero-order valence-electron chi connectivity index (χ0n) is 19.1. The predicted octanol–water partition coefficient (Wildman–Crippen LogP) is 5.25. The van der Waals surface area contributed by atoms with Crippen LogP contribution in [0.4, 0.5) is 11.4 Å². The number of hydrogen-bond acceptors (Lipinski definition) is 4. The fraction of sp³-hybridized carbons (Fsp3) is 0.240. The van der Waals surface area contributed by atoms with E-state index < -0.39 is 10.0 Å². The maximum absolute atomic E-state index is 12.4. The van der Waals surface area contributed by atoms with E-state index >= 15 is 0 Å². The largest absolute Gasteiger partial charge is 0.484 e. The number of anilines is 2. The van der Waals surface area contributed by atoms with Gasteiger partial charge in [0.25, 0.3) is 5.91 Å². The number of halogens is 1. The molecule has 0 radical (unpaired) electrons. The number of amides is 1. The smallest absolute Gasteiger partial charge is 0.262 e. The van der Waals surface area contributed by atoms with Crippen molar-refractivity contribution in [2.75, 3.05) is 22.5 Å². The van der Waals surface area contributed by atoms with Crippen LogP contribution in [0, 0.1) is 20.8 Å². The molecule has 33 heavy (non-hydrogen) atoms. The van der Waals surface area contributed by atoms with Gasteiger partial charge >= 0.3 is 0 Å². The highest BCUT2D eigenvalue weighted by Crippen LogP contribution is 2.25. The number of aryl methyl sites for hydroxylation is 3. The number of nitrogens with zero attached hydrogens (tertiary/aromatic N) is 1. The summed E-state index contributed by atoms with van der Waals surface area (Å²) in [6, 6.07) is 17.6. The van der Waals surface area contributed by atoms with Crippen molar-refractivity contribution in [3.63, 3.8) is 0 Å². The minimum atomic E-state index is -3.52. The summed E-state index contributed by atoms with van der Waals surface area (Å²) < 4.78 is 31.6. The Morgan fingerprint density at radius 1 is 0.970 bits per heavy atom. The van der Waals surface area contributed by atoms with Crippen molar-refractivity contribution in [3.8, 4) is 5.75 Å². The van der Waals surface area contributed by atoms with E-state index in [0.29, 0.717) is 16.5 Å². The Morgan fingerprint density at radius 3 is 2.09 bits per heavy atom. The molecule has 0 bridgehead atoms. The summed E-state index contributed by atoms with van der Waals surface area (Å²) in [4.78, 5) is 12.4. The molecule has 0 saturated heterocycles. The van der Waals surface area contributed by atoms with Crippen LogP contribution in [0.5, 0.6) is 5.75 Å². The average molecular weight is 487 g/mol. The molecule has 1 amide bonds. The van der Waals surface area contributed by atoms with E-state index in [1.807, 2.05) is 32.9 Å². The summed E-state index contributed by atoms with van der Waals surface area (Å²) >= 11 is 5.92. The quantitative estimate of drug-likeness (QED) is 0.472. The fourth-order valence-corrected chi connectivity index (χ4v) is 4.58. The minimum Gasteiger partial charge on any atom is -0.484 e. The molecule has 8 heteroatoms. The monoisotopic (exact) mass is 486 g/mol. The lowest BCUT2D eigenvalue weighted by Gasteiger charge is -2.23. The Hall–Kier alpha value is -3.03. The Kier molecular flexibility index (Phi) is 7.66. The van der Waals surface area contributed by atoms with Crippen LogP contribution < -0.4 is 14.4 Å². The van der Waals surface area contributed by atoms with E-state index in [0.717, 1.165) is 34.2 Å². The second-order valence-corrected chi connectivity index (χ2v) is 10.3. The number of hydrogen-bond donors (Lipinski definition) is 1. The molecule has 0 aliphatic carbocycles. The molecule has 0 saturated carbocycles. The summed E-state index contributed by atoms with van der Waals surface area (Å²) in [7, 11) is -3.52. The molecule has 3 rings (SSSR count). The highest BCUT2D eigenvalue weighted by atomic mass is 35.5. The molecule has 3 aromatic rings. The summed E-state index contributed by atoms with van der Waals surface area (Å²) in [5.74, 6) is 0.195. The maximum Gasteiger partial charge on any atom is 0.262 e. The van der Waals surface area contributed by atoms with E-state index in [-0.39, 0.29) is 19.1 Å². The molecule has 0 atom stereocenters. The van der Waals surface area contributed by atoms with Gasteiger partial charge in [-0.15, -0.1) is 0 Å². The third-order valence-corrected chi connectivity index (χ3v) is 6.47. The van der Waals surface area contributed by atoms with Crippen LogP contribution in [0.1, 0.15) is 22.3 Å². The summed E-state index contributed by atoms with van der Waals surface area (Å²) in [6.45, 7) is 5.93. The third-order valence-electron chi connectivity index (χ3n) is 5.08. The van der Waals surface area contributed by atoms with Crippen LogP contribution in [0.3, 0.4) is 0 Å². The molecule has 0 heterocycles. The van der Waals surface area contributed by atoms with Gasteiger partial charge in [-0.2, -0.15) is 0 Å². The number of carbonyl (C=O) groups is 1. The molecule has 3 aromatic carbocycles. The van der Waals surface area contributed by atoms with Gasteiger partial charge in [0.1, 0.15) is 5.75 Å². The Morgan fingerprint density at radius 2 is 1.55 bits per heavy atom.